The van der Waals surface area contributed by atoms with Crippen molar-refractivity contribution in [3.05, 3.63) is 22.4 Å². The second-order valence-corrected chi connectivity index (χ2v) is 7.81. The number of rotatable bonds is 7. The van der Waals surface area contributed by atoms with E-state index in [4.69, 9.17) is 9.47 Å². The highest BCUT2D eigenvalue weighted by Gasteiger charge is 2.52. The summed E-state index contributed by atoms with van der Waals surface area (Å²) in [6, 6.07) is 2.20. The average Bonchev–Trinajstić information content (AvgIpc) is 3.18. The maximum atomic E-state index is 12.8. The summed E-state index contributed by atoms with van der Waals surface area (Å²) < 4.78 is 10.6. The number of methoxy groups -OCH3 is 2. The third kappa shape index (κ3) is 3.67. The lowest BCUT2D eigenvalue weighted by atomic mass is 9.71. The quantitative estimate of drug-likeness (QED) is 0.753. The molecule has 3 heterocycles. The molecule has 0 N–H and O–H groups in total. The Hall–Kier alpha value is -0.950. The summed E-state index contributed by atoms with van der Waals surface area (Å²) >= 11 is 1.76. The highest BCUT2D eigenvalue weighted by molar-refractivity contribution is 7.07. The van der Waals surface area contributed by atoms with Crippen LogP contribution in [0.5, 0.6) is 0 Å². The molecule has 24 heavy (non-hydrogen) atoms. The van der Waals surface area contributed by atoms with E-state index in [9.17, 15) is 4.79 Å². The van der Waals surface area contributed by atoms with Gasteiger partial charge >= 0.3 is 0 Å². The van der Waals surface area contributed by atoms with Crippen molar-refractivity contribution in [1.29, 1.82) is 0 Å². The normalized spacial score (nSPS) is 24.2. The lowest BCUT2D eigenvalue weighted by molar-refractivity contribution is -0.134. The van der Waals surface area contributed by atoms with Gasteiger partial charge in [0, 0.05) is 39.3 Å². The van der Waals surface area contributed by atoms with E-state index >= 15 is 0 Å². The molecule has 0 aromatic carbocycles. The van der Waals surface area contributed by atoms with Gasteiger partial charge in [0.2, 0.25) is 5.91 Å². The molecule has 0 bridgehead atoms. The highest BCUT2D eigenvalue weighted by atomic mass is 32.1. The van der Waals surface area contributed by atoms with E-state index in [1.165, 1.54) is 5.56 Å². The molecule has 0 aliphatic carbocycles. The molecule has 134 valence electrons. The fourth-order valence-corrected chi connectivity index (χ4v) is 4.82. The van der Waals surface area contributed by atoms with Crippen LogP contribution in [-0.2, 0) is 20.8 Å². The van der Waals surface area contributed by atoms with Crippen molar-refractivity contribution in [3.8, 4) is 0 Å². The van der Waals surface area contributed by atoms with Gasteiger partial charge in [-0.05, 0) is 48.3 Å². The second-order valence-electron chi connectivity index (χ2n) is 7.03. The molecule has 1 spiro atoms. The Labute approximate surface area is 148 Å². The van der Waals surface area contributed by atoms with Crippen LogP contribution in [0.4, 0.5) is 0 Å². The van der Waals surface area contributed by atoms with Crippen LogP contribution >= 0.6 is 11.3 Å². The molecule has 0 radical (unpaired) electrons. The van der Waals surface area contributed by atoms with Gasteiger partial charge in [0.15, 0.2) is 0 Å². The standard InChI is InChI=1S/C18H28N2O3S/c1-22-9-8-20-14-18(16(12-23-2)17(20)21)4-6-19(7-5-18)11-15-3-10-24-13-15/h3,10,13,16H,4-9,11-12,14H2,1-2H3/t16-/m1/s1. The molecule has 1 aromatic heterocycles. The third-order valence-electron chi connectivity index (χ3n) is 5.59. The van der Waals surface area contributed by atoms with Gasteiger partial charge < -0.3 is 14.4 Å². The summed E-state index contributed by atoms with van der Waals surface area (Å²) in [6.45, 7) is 5.82. The molecular formula is C18H28N2O3S. The summed E-state index contributed by atoms with van der Waals surface area (Å²) in [5.41, 5.74) is 1.47. The van der Waals surface area contributed by atoms with Gasteiger partial charge in [0.1, 0.15) is 0 Å². The van der Waals surface area contributed by atoms with Gasteiger partial charge in [0.25, 0.3) is 0 Å². The van der Waals surface area contributed by atoms with Gasteiger partial charge in [-0.15, -0.1) is 0 Å². The molecule has 2 aliphatic heterocycles. The number of carbonyl (C=O) groups is 1. The van der Waals surface area contributed by atoms with Crippen molar-refractivity contribution in [3.63, 3.8) is 0 Å². The van der Waals surface area contributed by atoms with E-state index in [1.807, 2.05) is 4.90 Å². The van der Waals surface area contributed by atoms with Crippen molar-refractivity contribution in [2.45, 2.75) is 19.4 Å². The number of hydrogen-bond acceptors (Lipinski definition) is 5. The number of ether oxygens (including phenoxy) is 2. The molecule has 1 amide bonds. The monoisotopic (exact) mass is 352 g/mol. The fraction of sp³-hybridized carbons (Fsp3) is 0.722. The number of piperidine rings is 1. The maximum absolute atomic E-state index is 12.8. The molecule has 6 heteroatoms. The number of thiophene rings is 1. The second kappa shape index (κ2) is 7.95. The van der Waals surface area contributed by atoms with E-state index in [1.54, 1.807) is 25.6 Å². The van der Waals surface area contributed by atoms with Crippen LogP contribution in [0.1, 0.15) is 18.4 Å². The van der Waals surface area contributed by atoms with Crippen LogP contribution in [-0.4, -0.2) is 69.3 Å². The summed E-state index contributed by atoms with van der Waals surface area (Å²) in [7, 11) is 3.39. The first kappa shape index (κ1) is 17.9. The first-order chi connectivity index (χ1) is 11.7. The van der Waals surface area contributed by atoms with Crippen LogP contribution < -0.4 is 0 Å². The number of amides is 1. The molecule has 1 atom stereocenters. The van der Waals surface area contributed by atoms with Gasteiger partial charge in [-0.3, -0.25) is 9.69 Å². The fourth-order valence-electron chi connectivity index (χ4n) is 4.16. The van der Waals surface area contributed by atoms with Crippen molar-refractivity contribution >= 4 is 17.2 Å². The molecule has 2 aliphatic rings. The van der Waals surface area contributed by atoms with Crippen LogP contribution in [0.3, 0.4) is 0 Å². The van der Waals surface area contributed by atoms with Crippen LogP contribution in [0.25, 0.3) is 0 Å². The number of nitrogens with zero attached hydrogens (tertiary/aromatic N) is 2. The summed E-state index contributed by atoms with van der Waals surface area (Å²) in [6.07, 6.45) is 2.14. The van der Waals surface area contributed by atoms with Crippen LogP contribution in [0.15, 0.2) is 16.8 Å². The Morgan fingerprint density at radius 3 is 2.71 bits per heavy atom. The first-order valence-electron chi connectivity index (χ1n) is 8.68. The van der Waals surface area contributed by atoms with Gasteiger partial charge in [-0.25, -0.2) is 0 Å². The minimum Gasteiger partial charge on any atom is -0.384 e. The summed E-state index contributed by atoms with van der Waals surface area (Å²) in [4.78, 5) is 17.3. The smallest absolute Gasteiger partial charge is 0.228 e. The average molecular weight is 353 g/mol. The van der Waals surface area contributed by atoms with Crippen LogP contribution in [0, 0.1) is 11.3 Å². The van der Waals surface area contributed by atoms with Gasteiger partial charge in [-0.1, -0.05) is 0 Å². The topological polar surface area (TPSA) is 42.0 Å². The number of likely N-dealkylation sites (tertiary alicyclic amines) is 2. The van der Waals surface area contributed by atoms with E-state index in [-0.39, 0.29) is 17.2 Å². The molecule has 0 saturated carbocycles. The summed E-state index contributed by atoms with van der Waals surface area (Å²) in [5.74, 6) is 0.253. The lowest BCUT2D eigenvalue weighted by Gasteiger charge is -2.41. The third-order valence-corrected chi connectivity index (χ3v) is 6.32. The zero-order valence-corrected chi connectivity index (χ0v) is 15.5. The van der Waals surface area contributed by atoms with E-state index in [2.05, 4.69) is 21.7 Å². The molecule has 0 unspecified atom stereocenters. The Bertz CT molecular complexity index is 526. The van der Waals surface area contributed by atoms with Gasteiger partial charge in [0.05, 0.1) is 19.1 Å². The number of carbonyl (C=O) groups excluding carboxylic acids is 1. The Morgan fingerprint density at radius 1 is 1.29 bits per heavy atom. The van der Waals surface area contributed by atoms with Gasteiger partial charge in [-0.2, -0.15) is 11.3 Å². The zero-order chi connectivity index (χ0) is 17.0. The van der Waals surface area contributed by atoms with Crippen molar-refractivity contribution in [2.75, 3.05) is 53.6 Å². The predicted molar refractivity (Wildman–Crippen MR) is 95.1 cm³/mol. The minimum absolute atomic E-state index is 0.00246. The number of hydrogen-bond donors (Lipinski definition) is 0. The van der Waals surface area contributed by atoms with Crippen molar-refractivity contribution in [2.24, 2.45) is 11.3 Å². The van der Waals surface area contributed by atoms with Crippen molar-refractivity contribution in [1.82, 2.24) is 9.80 Å². The lowest BCUT2D eigenvalue weighted by Crippen LogP contribution is -2.45. The first-order valence-corrected chi connectivity index (χ1v) is 9.63. The largest absolute Gasteiger partial charge is 0.384 e. The molecule has 5 nitrogen and oxygen atoms in total. The predicted octanol–water partition coefficient (Wildman–Crippen LogP) is 2.08. The highest BCUT2D eigenvalue weighted by Crippen LogP contribution is 2.45. The SMILES string of the molecule is COCCN1CC2(CCN(Cc3ccsc3)CC2)[C@H](COC)C1=O. The Balaban J connectivity index is 1.64. The molecule has 1 aromatic rings. The van der Waals surface area contributed by atoms with Crippen LogP contribution in [0.2, 0.25) is 0 Å². The Kier molecular flexibility index (Phi) is 5.92. The molecular weight excluding hydrogens is 324 g/mol. The molecule has 2 saturated heterocycles. The maximum Gasteiger partial charge on any atom is 0.228 e. The van der Waals surface area contributed by atoms with E-state index < -0.39 is 0 Å². The minimum atomic E-state index is 0.00246. The molecule has 2 fully saturated rings. The summed E-state index contributed by atoms with van der Waals surface area (Å²) in [5, 5.41) is 4.36. The van der Waals surface area contributed by atoms with Crippen molar-refractivity contribution < 1.29 is 14.3 Å². The van der Waals surface area contributed by atoms with E-state index in [0.29, 0.717) is 19.8 Å². The molecule has 3 rings (SSSR count). The Morgan fingerprint density at radius 2 is 2.08 bits per heavy atom. The zero-order valence-electron chi connectivity index (χ0n) is 14.7. The van der Waals surface area contributed by atoms with E-state index in [0.717, 1.165) is 39.0 Å².